The van der Waals surface area contributed by atoms with Crippen LogP contribution in [0.1, 0.15) is 44.6 Å². The molecule has 0 bridgehead atoms. The molecular formula is C27H35N3O5S. The van der Waals surface area contributed by atoms with Crippen LogP contribution in [0.15, 0.2) is 41.3 Å². The number of aryl methyl sites for hydroxylation is 1. The third kappa shape index (κ3) is 4.91. The monoisotopic (exact) mass is 513 g/mol. The third-order valence-corrected chi connectivity index (χ3v) is 9.35. The zero-order chi connectivity index (χ0) is 25.3. The summed E-state index contributed by atoms with van der Waals surface area (Å²) in [6.45, 7) is 7.31. The van der Waals surface area contributed by atoms with E-state index >= 15 is 0 Å². The summed E-state index contributed by atoms with van der Waals surface area (Å²) in [4.78, 5) is 16.4. The molecule has 2 saturated heterocycles. The van der Waals surface area contributed by atoms with E-state index in [4.69, 9.17) is 9.47 Å². The van der Waals surface area contributed by atoms with Crippen molar-refractivity contribution in [2.45, 2.75) is 57.0 Å². The summed E-state index contributed by atoms with van der Waals surface area (Å²) in [5, 5.41) is 0. The van der Waals surface area contributed by atoms with Gasteiger partial charge in [-0.1, -0.05) is 19.4 Å². The number of sulfonamides is 1. The number of ether oxygens (including phenoxy) is 2. The molecule has 3 heterocycles. The van der Waals surface area contributed by atoms with Crippen LogP contribution in [0.2, 0.25) is 0 Å². The highest BCUT2D eigenvalue weighted by atomic mass is 32.2. The van der Waals surface area contributed by atoms with E-state index in [1.807, 2.05) is 49.1 Å². The number of carbonyl (C=O) groups excluding carboxylic acids is 1. The minimum absolute atomic E-state index is 0.0443. The van der Waals surface area contributed by atoms with Gasteiger partial charge in [-0.3, -0.25) is 4.79 Å². The van der Waals surface area contributed by atoms with E-state index in [2.05, 4.69) is 4.90 Å². The maximum absolute atomic E-state index is 13.5. The molecule has 2 aromatic rings. The Kier molecular flexibility index (Phi) is 7.12. The van der Waals surface area contributed by atoms with Crippen LogP contribution in [0.25, 0.3) is 0 Å². The molecule has 8 nitrogen and oxygen atoms in total. The highest BCUT2D eigenvalue weighted by Crippen LogP contribution is 2.40. The van der Waals surface area contributed by atoms with Crippen molar-refractivity contribution in [1.82, 2.24) is 9.21 Å². The normalized spacial score (nSPS) is 20.7. The number of likely N-dealkylation sites (tertiary alicyclic amines) is 1. The lowest BCUT2D eigenvalue weighted by Crippen LogP contribution is -2.36. The fourth-order valence-electron chi connectivity index (χ4n) is 5.28. The first-order chi connectivity index (χ1) is 17.4. The summed E-state index contributed by atoms with van der Waals surface area (Å²) in [5.74, 6) is 1.61. The average molecular weight is 514 g/mol. The average Bonchev–Trinajstić information content (AvgIpc) is 3.37. The van der Waals surface area contributed by atoms with Crippen LogP contribution in [0.5, 0.6) is 11.5 Å². The summed E-state index contributed by atoms with van der Waals surface area (Å²) < 4.78 is 40.7. The number of hydrogen-bond acceptors (Lipinski definition) is 6. The standard InChI is InChI=1S/C27H35N3O5S/c1-3-27(31)28-14-11-23(19-28)35-22-9-10-25-24(18-22)30(15-16-34-25)21-8-7-20(2)26(17-21)36(32,33)29-12-5-4-6-13-29/h7-10,17-18,23H,3-6,11-16,19H2,1-2H3. The maximum atomic E-state index is 13.5. The Hall–Kier alpha value is -2.78. The van der Waals surface area contributed by atoms with E-state index in [9.17, 15) is 13.2 Å². The van der Waals surface area contributed by atoms with E-state index in [-0.39, 0.29) is 12.0 Å². The summed E-state index contributed by atoms with van der Waals surface area (Å²) in [6.07, 6.45) is 4.15. The van der Waals surface area contributed by atoms with Crippen LogP contribution >= 0.6 is 0 Å². The Morgan fingerprint density at radius 2 is 1.86 bits per heavy atom. The van der Waals surface area contributed by atoms with Crippen molar-refractivity contribution in [3.63, 3.8) is 0 Å². The van der Waals surface area contributed by atoms with Crippen LogP contribution in [-0.2, 0) is 14.8 Å². The first-order valence-corrected chi connectivity index (χ1v) is 14.4. The molecule has 2 fully saturated rings. The number of amides is 1. The topological polar surface area (TPSA) is 79.4 Å². The fraction of sp³-hybridized carbons (Fsp3) is 0.519. The van der Waals surface area contributed by atoms with Crippen molar-refractivity contribution in [1.29, 1.82) is 0 Å². The Morgan fingerprint density at radius 1 is 1.06 bits per heavy atom. The second kappa shape index (κ2) is 10.3. The number of rotatable bonds is 6. The van der Waals surface area contributed by atoms with Gasteiger partial charge in [0.15, 0.2) is 0 Å². The second-order valence-electron chi connectivity index (χ2n) is 9.77. The smallest absolute Gasteiger partial charge is 0.243 e. The predicted molar refractivity (Wildman–Crippen MR) is 139 cm³/mol. The van der Waals surface area contributed by atoms with Gasteiger partial charge in [0, 0.05) is 44.2 Å². The lowest BCUT2D eigenvalue weighted by Gasteiger charge is -2.33. The molecule has 1 amide bonds. The molecule has 0 saturated carbocycles. The van der Waals surface area contributed by atoms with Gasteiger partial charge in [0.1, 0.15) is 24.2 Å². The molecule has 0 spiro atoms. The molecule has 0 aromatic heterocycles. The fourth-order valence-corrected chi connectivity index (χ4v) is 7.05. The molecule has 3 aliphatic rings. The van der Waals surface area contributed by atoms with Crippen molar-refractivity contribution in [2.75, 3.05) is 44.2 Å². The van der Waals surface area contributed by atoms with Crippen molar-refractivity contribution in [3.8, 4) is 11.5 Å². The maximum Gasteiger partial charge on any atom is 0.243 e. The Morgan fingerprint density at radius 3 is 2.64 bits per heavy atom. The highest BCUT2D eigenvalue weighted by molar-refractivity contribution is 7.89. The number of carbonyl (C=O) groups is 1. The minimum Gasteiger partial charge on any atom is -0.490 e. The lowest BCUT2D eigenvalue weighted by molar-refractivity contribution is -0.130. The minimum atomic E-state index is -3.55. The van der Waals surface area contributed by atoms with Crippen LogP contribution in [-0.4, -0.2) is 69.0 Å². The van der Waals surface area contributed by atoms with Gasteiger partial charge in [-0.05, 0) is 49.6 Å². The number of hydrogen-bond donors (Lipinski definition) is 0. The third-order valence-electron chi connectivity index (χ3n) is 7.31. The number of anilines is 2. The quantitative estimate of drug-likeness (QED) is 0.579. The van der Waals surface area contributed by atoms with Gasteiger partial charge in [0.25, 0.3) is 0 Å². The first kappa shape index (κ1) is 24.9. The van der Waals surface area contributed by atoms with E-state index in [1.165, 1.54) is 0 Å². The lowest BCUT2D eigenvalue weighted by atomic mass is 10.1. The molecule has 0 radical (unpaired) electrons. The van der Waals surface area contributed by atoms with Crippen molar-refractivity contribution in [3.05, 3.63) is 42.0 Å². The SMILES string of the molecule is CCC(=O)N1CCC(Oc2ccc3c(c2)N(c2ccc(C)c(S(=O)(=O)N4CCCCC4)c2)CCO3)C1. The molecule has 36 heavy (non-hydrogen) atoms. The number of benzene rings is 2. The van der Waals surface area contributed by atoms with Crippen LogP contribution in [0.4, 0.5) is 11.4 Å². The van der Waals surface area contributed by atoms with E-state index < -0.39 is 10.0 Å². The Bertz CT molecular complexity index is 1230. The molecule has 2 aromatic carbocycles. The summed E-state index contributed by atoms with van der Waals surface area (Å²) in [6, 6.07) is 11.4. The molecule has 1 atom stereocenters. The first-order valence-electron chi connectivity index (χ1n) is 13.0. The van der Waals surface area contributed by atoms with Gasteiger partial charge in [-0.15, -0.1) is 0 Å². The van der Waals surface area contributed by atoms with Crippen LogP contribution in [0, 0.1) is 6.92 Å². The largest absolute Gasteiger partial charge is 0.490 e. The highest BCUT2D eigenvalue weighted by Gasteiger charge is 2.30. The zero-order valence-electron chi connectivity index (χ0n) is 21.1. The van der Waals surface area contributed by atoms with Gasteiger partial charge in [-0.2, -0.15) is 4.31 Å². The number of piperidine rings is 1. The molecule has 1 unspecified atom stereocenters. The molecule has 194 valence electrons. The summed E-state index contributed by atoms with van der Waals surface area (Å²) in [5.41, 5.74) is 2.42. The molecule has 9 heteroatoms. The van der Waals surface area contributed by atoms with Crippen LogP contribution in [0.3, 0.4) is 0 Å². The molecular weight excluding hydrogens is 478 g/mol. The molecule has 3 aliphatic heterocycles. The molecule has 0 aliphatic carbocycles. The predicted octanol–water partition coefficient (Wildman–Crippen LogP) is 4.09. The van der Waals surface area contributed by atoms with Gasteiger partial charge in [-0.25, -0.2) is 8.42 Å². The van der Waals surface area contributed by atoms with Gasteiger partial charge in [0.2, 0.25) is 15.9 Å². The van der Waals surface area contributed by atoms with Crippen molar-refractivity contribution >= 4 is 27.3 Å². The Labute approximate surface area is 213 Å². The number of fused-ring (bicyclic) bond motifs is 1. The van der Waals surface area contributed by atoms with Gasteiger partial charge >= 0.3 is 0 Å². The second-order valence-corrected chi connectivity index (χ2v) is 11.7. The molecule has 0 N–H and O–H groups in total. The van der Waals surface area contributed by atoms with Gasteiger partial charge in [0.05, 0.1) is 23.7 Å². The summed E-state index contributed by atoms with van der Waals surface area (Å²) in [7, 11) is -3.55. The van der Waals surface area contributed by atoms with Crippen LogP contribution < -0.4 is 14.4 Å². The number of nitrogens with zero attached hydrogens (tertiary/aromatic N) is 3. The van der Waals surface area contributed by atoms with Crippen molar-refractivity contribution in [2.24, 2.45) is 0 Å². The molecule has 5 rings (SSSR count). The van der Waals surface area contributed by atoms with E-state index in [1.54, 1.807) is 10.4 Å². The van der Waals surface area contributed by atoms with E-state index in [0.717, 1.165) is 54.9 Å². The Balaban J connectivity index is 1.40. The zero-order valence-corrected chi connectivity index (χ0v) is 21.9. The summed E-state index contributed by atoms with van der Waals surface area (Å²) >= 11 is 0. The van der Waals surface area contributed by atoms with E-state index in [0.29, 0.717) is 49.9 Å². The van der Waals surface area contributed by atoms with Gasteiger partial charge < -0.3 is 19.3 Å². The van der Waals surface area contributed by atoms with Crippen molar-refractivity contribution < 1.29 is 22.7 Å².